The minimum absolute atomic E-state index is 0.0831. The van der Waals surface area contributed by atoms with Crippen LogP contribution in [0.2, 0.25) is 0 Å². The zero-order valence-corrected chi connectivity index (χ0v) is 18.9. The molecule has 2 heterocycles. The lowest BCUT2D eigenvalue weighted by atomic mass is 9.98. The third kappa shape index (κ3) is 4.34. The number of nitrogens with zero attached hydrogens (tertiary/aromatic N) is 3. The molecule has 30 heavy (non-hydrogen) atoms. The maximum absolute atomic E-state index is 13.8. The molecule has 1 amide bonds. The van der Waals surface area contributed by atoms with Crippen molar-refractivity contribution in [1.82, 2.24) is 9.88 Å². The first-order valence-electron chi connectivity index (χ1n) is 9.56. The molecule has 0 saturated carbocycles. The van der Waals surface area contributed by atoms with Gasteiger partial charge >= 0.3 is 0 Å². The minimum atomic E-state index is -0.376. The molecular weight excluding hydrogens is 421 g/mol. The summed E-state index contributed by atoms with van der Waals surface area (Å²) in [4.78, 5) is 24.9. The normalized spacial score (nSPS) is 14.8. The van der Waals surface area contributed by atoms with Crippen molar-refractivity contribution in [2.24, 2.45) is 4.99 Å². The summed E-state index contributed by atoms with van der Waals surface area (Å²) in [6.07, 6.45) is 2.69. The lowest BCUT2D eigenvalue weighted by Gasteiger charge is -2.24. The summed E-state index contributed by atoms with van der Waals surface area (Å²) in [6.45, 7) is 6.69. The van der Waals surface area contributed by atoms with Gasteiger partial charge in [0.2, 0.25) is 5.91 Å². The first kappa shape index (κ1) is 22.2. The number of fused-ring (bicyclic) bond motifs is 1. The van der Waals surface area contributed by atoms with Crippen LogP contribution in [0.3, 0.4) is 0 Å². The van der Waals surface area contributed by atoms with Crippen molar-refractivity contribution in [2.45, 2.75) is 26.3 Å². The number of ether oxygens (including phenoxy) is 1. The summed E-state index contributed by atoms with van der Waals surface area (Å²) >= 11 is 6.21. The van der Waals surface area contributed by atoms with Gasteiger partial charge in [-0.25, -0.2) is 9.37 Å². The van der Waals surface area contributed by atoms with Gasteiger partial charge in [0.1, 0.15) is 22.3 Å². The quantitative estimate of drug-likeness (QED) is 0.404. The molecule has 2 aromatic rings. The van der Waals surface area contributed by atoms with Crippen molar-refractivity contribution in [2.75, 3.05) is 20.7 Å². The Hall–Kier alpha value is -2.45. The van der Waals surface area contributed by atoms with E-state index in [1.165, 1.54) is 36.7 Å². The van der Waals surface area contributed by atoms with E-state index in [2.05, 4.69) is 11.6 Å². The van der Waals surface area contributed by atoms with Gasteiger partial charge in [0.15, 0.2) is 0 Å². The topological polar surface area (TPSA) is 54.8 Å². The van der Waals surface area contributed by atoms with E-state index in [1.807, 2.05) is 6.92 Å². The number of halogens is 1. The smallest absolute Gasteiger partial charge is 0.246 e. The van der Waals surface area contributed by atoms with E-state index in [1.54, 1.807) is 18.0 Å². The SMILES string of the molecule is C=CC(=O)N1CCc2nc(C(=N/C)/C(=C(/S)CC)c3ccc(F)cc3OC)sc2C1. The van der Waals surface area contributed by atoms with Crippen LogP contribution in [0, 0.1) is 5.82 Å². The van der Waals surface area contributed by atoms with Crippen LogP contribution >= 0.6 is 24.0 Å². The monoisotopic (exact) mass is 445 g/mol. The summed E-state index contributed by atoms with van der Waals surface area (Å²) in [7, 11) is 3.21. The average Bonchev–Trinajstić information content (AvgIpc) is 3.19. The molecule has 0 bridgehead atoms. The standard InChI is InChI=1S/C22H24FN3O2S2/c1-5-17(29)20(14-8-7-13(23)11-16(14)28-4)21(24-3)22-25-15-9-10-26(19(27)6-2)12-18(15)30-22/h6-8,11,29H,2,5,9-10,12H2,1,3-4H3/b20-17+,24-21+. The number of carbonyl (C=O) groups excluding carboxylic acids is 1. The lowest BCUT2D eigenvalue weighted by Crippen LogP contribution is -2.34. The Labute approximate surface area is 185 Å². The average molecular weight is 446 g/mol. The Morgan fingerprint density at radius 2 is 2.27 bits per heavy atom. The molecule has 0 aliphatic carbocycles. The molecule has 8 heteroatoms. The van der Waals surface area contributed by atoms with Crippen molar-refractivity contribution in [3.05, 3.63) is 62.7 Å². The lowest BCUT2D eigenvalue weighted by molar-refractivity contribution is -0.126. The van der Waals surface area contributed by atoms with Crippen LogP contribution in [0.5, 0.6) is 5.75 Å². The summed E-state index contributed by atoms with van der Waals surface area (Å²) < 4.78 is 19.2. The van der Waals surface area contributed by atoms with Crippen molar-refractivity contribution in [3.8, 4) is 5.75 Å². The molecule has 0 N–H and O–H groups in total. The van der Waals surface area contributed by atoms with Gasteiger partial charge in [-0.2, -0.15) is 0 Å². The van der Waals surface area contributed by atoms with E-state index in [0.717, 1.165) is 26.1 Å². The molecular formula is C22H24FN3O2S2. The molecule has 3 rings (SSSR count). The number of thiazole rings is 1. The number of amides is 1. The van der Waals surface area contributed by atoms with Crippen LogP contribution in [0.25, 0.3) is 5.57 Å². The molecule has 0 unspecified atom stereocenters. The van der Waals surface area contributed by atoms with Crippen molar-refractivity contribution >= 4 is 41.2 Å². The molecule has 0 atom stereocenters. The van der Waals surface area contributed by atoms with E-state index in [0.29, 0.717) is 43.0 Å². The number of hydrogen-bond acceptors (Lipinski definition) is 6. The summed E-state index contributed by atoms with van der Waals surface area (Å²) in [5.41, 5.74) is 3.13. The Morgan fingerprint density at radius 1 is 1.50 bits per heavy atom. The highest BCUT2D eigenvalue weighted by molar-refractivity contribution is 7.84. The van der Waals surface area contributed by atoms with E-state index in [9.17, 15) is 9.18 Å². The van der Waals surface area contributed by atoms with Gasteiger partial charge in [-0.1, -0.05) is 13.5 Å². The second kappa shape index (κ2) is 9.57. The second-order valence-electron chi connectivity index (χ2n) is 6.69. The van der Waals surface area contributed by atoms with Crippen molar-refractivity contribution < 1.29 is 13.9 Å². The van der Waals surface area contributed by atoms with Crippen LogP contribution in [-0.4, -0.2) is 42.2 Å². The van der Waals surface area contributed by atoms with Gasteiger partial charge in [-0.05, 0) is 29.5 Å². The van der Waals surface area contributed by atoms with Crippen molar-refractivity contribution in [1.29, 1.82) is 0 Å². The Morgan fingerprint density at radius 3 is 2.90 bits per heavy atom. The van der Waals surface area contributed by atoms with Gasteiger partial charge in [0.05, 0.1) is 19.3 Å². The van der Waals surface area contributed by atoms with Gasteiger partial charge in [0.25, 0.3) is 0 Å². The maximum atomic E-state index is 13.8. The molecule has 0 fully saturated rings. The number of thiol groups is 1. The van der Waals surface area contributed by atoms with Gasteiger partial charge in [-0.3, -0.25) is 9.79 Å². The fourth-order valence-electron chi connectivity index (χ4n) is 3.40. The summed E-state index contributed by atoms with van der Waals surface area (Å²) in [5.74, 6) is -0.0469. The molecule has 0 spiro atoms. The number of aliphatic imine (C=N–C) groups is 1. The summed E-state index contributed by atoms with van der Waals surface area (Å²) in [5, 5.41) is 0.747. The number of aromatic nitrogens is 1. The molecule has 1 aromatic carbocycles. The van der Waals surface area contributed by atoms with E-state index in [4.69, 9.17) is 22.3 Å². The number of hydrogen-bond donors (Lipinski definition) is 1. The van der Waals surface area contributed by atoms with E-state index in [-0.39, 0.29) is 11.7 Å². The molecule has 1 aliphatic rings. The number of benzene rings is 1. The molecule has 1 aromatic heterocycles. The Balaban J connectivity index is 2.07. The minimum Gasteiger partial charge on any atom is -0.496 e. The molecule has 0 radical (unpaired) electrons. The van der Waals surface area contributed by atoms with Crippen LogP contribution in [0.15, 0.2) is 40.8 Å². The number of rotatable bonds is 6. The highest BCUT2D eigenvalue weighted by Gasteiger charge is 2.27. The van der Waals surface area contributed by atoms with Gasteiger partial charge in [-0.15, -0.1) is 24.0 Å². The molecule has 0 saturated heterocycles. The van der Waals surface area contributed by atoms with E-state index < -0.39 is 0 Å². The number of carbonyl (C=O) groups is 1. The summed E-state index contributed by atoms with van der Waals surface area (Å²) in [6, 6.07) is 4.43. The van der Waals surface area contributed by atoms with Gasteiger partial charge < -0.3 is 9.64 Å². The zero-order chi connectivity index (χ0) is 21.8. The highest BCUT2D eigenvalue weighted by Crippen LogP contribution is 2.36. The fourth-order valence-corrected chi connectivity index (χ4v) is 4.79. The predicted molar refractivity (Wildman–Crippen MR) is 123 cm³/mol. The van der Waals surface area contributed by atoms with Crippen LogP contribution in [0.1, 0.15) is 34.5 Å². The first-order valence-corrected chi connectivity index (χ1v) is 10.8. The molecule has 5 nitrogen and oxygen atoms in total. The number of allylic oxidation sites excluding steroid dienone is 2. The Kier molecular flexibility index (Phi) is 7.10. The van der Waals surface area contributed by atoms with E-state index >= 15 is 0 Å². The van der Waals surface area contributed by atoms with Gasteiger partial charge in [0, 0.05) is 42.1 Å². The third-order valence-electron chi connectivity index (χ3n) is 4.94. The predicted octanol–water partition coefficient (Wildman–Crippen LogP) is 4.53. The molecule has 1 aliphatic heterocycles. The Bertz CT molecular complexity index is 1040. The largest absolute Gasteiger partial charge is 0.496 e. The second-order valence-corrected chi connectivity index (χ2v) is 8.32. The number of methoxy groups -OCH3 is 1. The van der Waals surface area contributed by atoms with Crippen LogP contribution in [0.4, 0.5) is 4.39 Å². The van der Waals surface area contributed by atoms with Crippen LogP contribution in [-0.2, 0) is 17.8 Å². The third-order valence-corrected chi connectivity index (χ3v) is 6.57. The maximum Gasteiger partial charge on any atom is 0.246 e. The zero-order valence-electron chi connectivity index (χ0n) is 17.2. The molecule has 158 valence electrons. The fraction of sp³-hybridized carbons (Fsp3) is 0.318. The highest BCUT2D eigenvalue weighted by atomic mass is 32.1. The van der Waals surface area contributed by atoms with Crippen LogP contribution < -0.4 is 4.74 Å². The first-order chi connectivity index (χ1) is 14.4. The van der Waals surface area contributed by atoms with Crippen molar-refractivity contribution in [3.63, 3.8) is 0 Å².